The molecule has 1 unspecified atom stereocenters. The number of hydrogen-bond donors (Lipinski definition) is 1. The van der Waals surface area contributed by atoms with Gasteiger partial charge in [-0.25, -0.2) is 4.39 Å². The molecule has 1 aromatic carbocycles. The molecular weight excluding hydrogens is 209 g/mol. The van der Waals surface area contributed by atoms with Gasteiger partial charge in [-0.2, -0.15) is 0 Å². The van der Waals surface area contributed by atoms with E-state index in [4.69, 9.17) is 15.2 Å². The van der Waals surface area contributed by atoms with Crippen molar-refractivity contribution in [1.82, 2.24) is 0 Å². The molecule has 90 valence electrons. The van der Waals surface area contributed by atoms with Crippen LogP contribution in [0.2, 0.25) is 0 Å². The van der Waals surface area contributed by atoms with Crippen LogP contribution in [0.25, 0.3) is 0 Å². The third-order valence-corrected chi connectivity index (χ3v) is 2.81. The Kier molecular flexibility index (Phi) is 3.88. The van der Waals surface area contributed by atoms with Gasteiger partial charge in [-0.1, -0.05) is 6.07 Å². The van der Waals surface area contributed by atoms with Crippen LogP contribution in [0.4, 0.5) is 4.39 Å². The minimum atomic E-state index is -0.541. The Balaban J connectivity index is 3.02. The van der Waals surface area contributed by atoms with Crippen molar-refractivity contribution < 1.29 is 13.9 Å². The maximum absolute atomic E-state index is 13.5. The fraction of sp³-hybridized carbons (Fsp3) is 0.500. The Bertz CT molecular complexity index is 366. The van der Waals surface area contributed by atoms with Gasteiger partial charge in [0, 0.05) is 7.11 Å². The summed E-state index contributed by atoms with van der Waals surface area (Å²) in [6.07, 6.45) is 0. The van der Waals surface area contributed by atoms with Crippen LogP contribution in [0.3, 0.4) is 0 Å². The first-order valence-electron chi connectivity index (χ1n) is 5.06. The van der Waals surface area contributed by atoms with Gasteiger partial charge in [0.1, 0.15) is 0 Å². The molecule has 16 heavy (non-hydrogen) atoms. The quantitative estimate of drug-likeness (QED) is 0.858. The van der Waals surface area contributed by atoms with Crippen LogP contribution in [0.1, 0.15) is 25.5 Å². The van der Waals surface area contributed by atoms with Gasteiger partial charge in [0.25, 0.3) is 0 Å². The van der Waals surface area contributed by atoms with Crippen LogP contribution >= 0.6 is 0 Å². The second-order valence-corrected chi connectivity index (χ2v) is 4.18. The largest absolute Gasteiger partial charge is 0.494 e. The van der Waals surface area contributed by atoms with E-state index in [0.717, 1.165) is 0 Å². The first kappa shape index (κ1) is 12.9. The molecule has 0 heterocycles. The van der Waals surface area contributed by atoms with E-state index in [1.54, 1.807) is 19.2 Å². The van der Waals surface area contributed by atoms with Crippen LogP contribution in [-0.2, 0) is 4.74 Å². The fourth-order valence-corrected chi connectivity index (χ4v) is 1.40. The summed E-state index contributed by atoms with van der Waals surface area (Å²) >= 11 is 0. The number of halogens is 1. The van der Waals surface area contributed by atoms with Gasteiger partial charge < -0.3 is 15.2 Å². The summed E-state index contributed by atoms with van der Waals surface area (Å²) in [5.74, 6) is -0.200. The number of benzene rings is 1. The molecule has 3 nitrogen and oxygen atoms in total. The molecule has 0 saturated heterocycles. The predicted octanol–water partition coefficient (Wildman–Crippen LogP) is 2.26. The normalized spacial score (nSPS) is 13.6. The molecule has 0 aliphatic carbocycles. The Morgan fingerprint density at radius 1 is 1.31 bits per heavy atom. The van der Waals surface area contributed by atoms with Gasteiger partial charge >= 0.3 is 0 Å². The molecule has 0 saturated carbocycles. The lowest BCUT2D eigenvalue weighted by Crippen LogP contribution is -2.37. The maximum Gasteiger partial charge on any atom is 0.165 e. The first-order valence-corrected chi connectivity index (χ1v) is 5.06. The highest BCUT2D eigenvalue weighted by atomic mass is 19.1. The summed E-state index contributed by atoms with van der Waals surface area (Å²) < 4.78 is 23.6. The minimum absolute atomic E-state index is 0.214. The molecule has 1 atom stereocenters. The molecule has 0 aliphatic heterocycles. The minimum Gasteiger partial charge on any atom is -0.494 e. The highest BCUT2D eigenvalue weighted by Gasteiger charge is 2.27. The number of ether oxygens (including phenoxy) is 2. The molecule has 0 fully saturated rings. The van der Waals surface area contributed by atoms with Gasteiger partial charge in [0.15, 0.2) is 11.6 Å². The third-order valence-electron chi connectivity index (χ3n) is 2.81. The molecule has 2 N–H and O–H groups in total. The Hall–Kier alpha value is -1.13. The standard InChI is InChI=1S/C12H18FNO2/c1-12(2,16-4)11(14)8-5-6-10(15-3)9(13)7-8/h5-7,11H,14H2,1-4H3. The number of rotatable bonds is 4. The van der Waals surface area contributed by atoms with E-state index in [1.165, 1.54) is 13.2 Å². The average molecular weight is 227 g/mol. The van der Waals surface area contributed by atoms with E-state index >= 15 is 0 Å². The summed E-state index contributed by atoms with van der Waals surface area (Å²) in [4.78, 5) is 0. The van der Waals surface area contributed by atoms with Crippen molar-refractivity contribution in [2.24, 2.45) is 5.73 Å². The molecular formula is C12H18FNO2. The summed E-state index contributed by atoms with van der Waals surface area (Å²) in [6.45, 7) is 3.72. The van der Waals surface area contributed by atoms with E-state index in [9.17, 15) is 4.39 Å². The second-order valence-electron chi connectivity index (χ2n) is 4.18. The van der Waals surface area contributed by atoms with Gasteiger partial charge in [-0.15, -0.1) is 0 Å². The van der Waals surface area contributed by atoms with Crippen molar-refractivity contribution >= 4 is 0 Å². The zero-order valence-electron chi connectivity index (χ0n) is 10.1. The summed E-state index contributed by atoms with van der Waals surface area (Å²) in [5.41, 5.74) is 6.16. The number of nitrogens with two attached hydrogens (primary N) is 1. The Labute approximate surface area is 95.4 Å². The van der Waals surface area contributed by atoms with Gasteiger partial charge in [0.2, 0.25) is 0 Å². The molecule has 4 heteroatoms. The van der Waals surface area contributed by atoms with Crippen molar-refractivity contribution in [3.63, 3.8) is 0 Å². The van der Waals surface area contributed by atoms with Crippen LogP contribution in [0, 0.1) is 5.82 Å². The molecule has 0 bridgehead atoms. The molecule has 0 spiro atoms. The summed E-state index contributed by atoms with van der Waals surface area (Å²) in [7, 11) is 3.01. The lowest BCUT2D eigenvalue weighted by molar-refractivity contribution is -0.000106. The molecule has 1 rings (SSSR count). The van der Waals surface area contributed by atoms with Crippen LogP contribution < -0.4 is 10.5 Å². The predicted molar refractivity (Wildman–Crippen MR) is 61.0 cm³/mol. The van der Waals surface area contributed by atoms with E-state index < -0.39 is 17.5 Å². The Morgan fingerprint density at radius 3 is 2.38 bits per heavy atom. The van der Waals surface area contributed by atoms with Crippen molar-refractivity contribution in [3.8, 4) is 5.75 Å². The topological polar surface area (TPSA) is 44.5 Å². The van der Waals surface area contributed by atoms with Crippen molar-refractivity contribution in [1.29, 1.82) is 0 Å². The Morgan fingerprint density at radius 2 is 1.94 bits per heavy atom. The van der Waals surface area contributed by atoms with Crippen LogP contribution in [0.5, 0.6) is 5.75 Å². The smallest absolute Gasteiger partial charge is 0.165 e. The van der Waals surface area contributed by atoms with E-state index in [2.05, 4.69) is 0 Å². The van der Waals surface area contributed by atoms with Crippen molar-refractivity contribution in [3.05, 3.63) is 29.6 Å². The summed E-state index contributed by atoms with van der Waals surface area (Å²) in [5, 5.41) is 0. The second kappa shape index (κ2) is 4.80. The summed E-state index contributed by atoms with van der Waals surface area (Å²) in [6, 6.07) is 4.30. The SMILES string of the molecule is COc1ccc(C(N)C(C)(C)OC)cc1F. The highest BCUT2D eigenvalue weighted by Crippen LogP contribution is 2.28. The van der Waals surface area contributed by atoms with E-state index in [1.807, 2.05) is 13.8 Å². The van der Waals surface area contributed by atoms with Gasteiger partial charge in [-0.05, 0) is 31.5 Å². The van der Waals surface area contributed by atoms with E-state index in [-0.39, 0.29) is 5.75 Å². The maximum atomic E-state index is 13.5. The van der Waals surface area contributed by atoms with Crippen LogP contribution in [0.15, 0.2) is 18.2 Å². The fourth-order valence-electron chi connectivity index (χ4n) is 1.40. The lowest BCUT2D eigenvalue weighted by Gasteiger charge is -2.30. The average Bonchev–Trinajstić information content (AvgIpc) is 2.27. The highest BCUT2D eigenvalue weighted by molar-refractivity contribution is 5.31. The molecule has 1 aromatic rings. The first-order chi connectivity index (χ1) is 7.42. The van der Waals surface area contributed by atoms with Crippen molar-refractivity contribution in [2.45, 2.75) is 25.5 Å². The van der Waals surface area contributed by atoms with E-state index in [0.29, 0.717) is 5.56 Å². The van der Waals surface area contributed by atoms with Crippen LogP contribution in [-0.4, -0.2) is 19.8 Å². The van der Waals surface area contributed by atoms with Gasteiger partial charge in [0.05, 0.1) is 18.8 Å². The monoisotopic (exact) mass is 227 g/mol. The lowest BCUT2D eigenvalue weighted by atomic mass is 9.92. The van der Waals surface area contributed by atoms with Crippen molar-refractivity contribution in [2.75, 3.05) is 14.2 Å². The molecule has 0 aromatic heterocycles. The van der Waals surface area contributed by atoms with Gasteiger partial charge in [-0.3, -0.25) is 0 Å². The number of hydrogen-bond acceptors (Lipinski definition) is 3. The zero-order valence-corrected chi connectivity index (χ0v) is 10.1. The molecule has 0 aliphatic rings. The number of methoxy groups -OCH3 is 2. The molecule has 0 radical (unpaired) electrons. The third kappa shape index (κ3) is 2.51. The molecule has 0 amide bonds. The zero-order chi connectivity index (χ0) is 12.3.